The van der Waals surface area contributed by atoms with Crippen LogP contribution >= 0.6 is 0 Å². The van der Waals surface area contributed by atoms with Crippen LogP contribution in [0.15, 0.2) is 29.2 Å². The summed E-state index contributed by atoms with van der Waals surface area (Å²) in [6.07, 6.45) is 0. The molecule has 1 rings (SSSR count). The smallest absolute Gasteiger partial charge is 0.310 e. The van der Waals surface area contributed by atoms with Crippen molar-refractivity contribution in [2.24, 2.45) is 5.92 Å². The van der Waals surface area contributed by atoms with Crippen molar-refractivity contribution in [2.75, 3.05) is 25.5 Å². The van der Waals surface area contributed by atoms with Crippen molar-refractivity contribution in [2.45, 2.75) is 38.6 Å². The lowest BCUT2D eigenvalue weighted by Gasteiger charge is -2.26. The number of hydrogen-bond acceptors (Lipinski definition) is 6. The number of benzene rings is 1. The Hall–Kier alpha value is -2.46. The third-order valence-electron chi connectivity index (χ3n) is 3.98. The lowest BCUT2D eigenvalue weighted by molar-refractivity contribution is -0.146. The molecule has 0 aliphatic heterocycles. The first-order valence-corrected chi connectivity index (χ1v) is 10.3. The van der Waals surface area contributed by atoms with Crippen molar-refractivity contribution < 1.29 is 27.5 Å². The largest absolute Gasteiger partial charge is 0.469 e. The van der Waals surface area contributed by atoms with E-state index in [0.29, 0.717) is 12.2 Å². The average Bonchev–Trinajstić information content (AvgIpc) is 2.64. The minimum Gasteiger partial charge on any atom is -0.469 e. The molecule has 156 valence electrons. The van der Waals surface area contributed by atoms with Gasteiger partial charge in [-0.25, -0.2) is 8.42 Å². The molecule has 2 atom stereocenters. The van der Waals surface area contributed by atoms with E-state index in [0.717, 1.165) is 0 Å². The summed E-state index contributed by atoms with van der Waals surface area (Å²) in [6, 6.07) is 4.56. The summed E-state index contributed by atoms with van der Waals surface area (Å²) in [5, 5.41) is 2.54. The molecular formula is C18H27N3O6S. The lowest BCUT2D eigenvalue weighted by Crippen LogP contribution is -2.48. The first kappa shape index (κ1) is 23.6. The van der Waals surface area contributed by atoms with E-state index >= 15 is 0 Å². The maximum absolute atomic E-state index is 12.6. The molecule has 0 fully saturated rings. The molecule has 0 heterocycles. The quantitative estimate of drug-likeness (QED) is 0.582. The molecule has 0 aliphatic carbocycles. The average molecular weight is 413 g/mol. The SMILES string of the molecule is CCN(CC(C)C(=O)OC)C(=O)[C@H](C)NS(=O)(=O)c1ccc(NC(C)=O)cc1. The number of carbonyl (C=O) groups excluding carboxylic acids is 3. The normalized spacial score (nSPS) is 13.3. The van der Waals surface area contributed by atoms with Crippen LogP contribution in [0.5, 0.6) is 0 Å². The number of hydrogen-bond donors (Lipinski definition) is 2. The Labute approximate surface area is 165 Å². The summed E-state index contributed by atoms with van der Waals surface area (Å²) in [5.41, 5.74) is 0.463. The molecule has 0 radical (unpaired) electrons. The van der Waals surface area contributed by atoms with Gasteiger partial charge in [-0.15, -0.1) is 0 Å². The maximum atomic E-state index is 12.6. The highest BCUT2D eigenvalue weighted by Crippen LogP contribution is 2.15. The first-order valence-electron chi connectivity index (χ1n) is 8.78. The zero-order chi connectivity index (χ0) is 21.5. The number of ether oxygens (including phenoxy) is 1. The van der Waals surface area contributed by atoms with E-state index < -0.39 is 33.9 Å². The van der Waals surface area contributed by atoms with E-state index in [-0.39, 0.29) is 17.3 Å². The highest BCUT2D eigenvalue weighted by Gasteiger charge is 2.27. The summed E-state index contributed by atoms with van der Waals surface area (Å²) in [4.78, 5) is 36.6. The van der Waals surface area contributed by atoms with Gasteiger partial charge in [0.05, 0.1) is 24.0 Å². The predicted molar refractivity (Wildman–Crippen MR) is 104 cm³/mol. The van der Waals surface area contributed by atoms with Gasteiger partial charge in [0.25, 0.3) is 0 Å². The highest BCUT2D eigenvalue weighted by atomic mass is 32.2. The van der Waals surface area contributed by atoms with E-state index in [1.807, 2.05) is 0 Å². The fraction of sp³-hybridized carbons (Fsp3) is 0.500. The van der Waals surface area contributed by atoms with E-state index in [4.69, 9.17) is 0 Å². The predicted octanol–water partition coefficient (Wildman–Crippen LogP) is 0.969. The van der Waals surface area contributed by atoms with E-state index in [9.17, 15) is 22.8 Å². The summed E-state index contributed by atoms with van der Waals surface area (Å²) in [6.45, 7) is 6.60. The van der Waals surface area contributed by atoms with Crippen molar-refractivity contribution >= 4 is 33.5 Å². The number of amides is 2. The second-order valence-electron chi connectivity index (χ2n) is 6.35. The topological polar surface area (TPSA) is 122 Å². The minimum absolute atomic E-state index is 0.0350. The number of anilines is 1. The van der Waals surface area contributed by atoms with Gasteiger partial charge in [-0.2, -0.15) is 4.72 Å². The van der Waals surface area contributed by atoms with Crippen LogP contribution in [0, 0.1) is 5.92 Å². The Kier molecular flexibility index (Phi) is 8.58. The molecule has 0 aromatic heterocycles. The zero-order valence-electron chi connectivity index (χ0n) is 16.7. The van der Waals surface area contributed by atoms with Crippen molar-refractivity contribution in [3.8, 4) is 0 Å². The minimum atomic E-state index is -3.94. The molecule has 9 nitrogen and oxygen atoms in total. The van der Waals surface area contributed by atoms with Crippen LogP contribution in [-0.2, 0) is 29.1 Å². The van der Waals surface area contributed by atoms with E-state index in [1.54, 1.807) is 13.8 Å². The van der Waals surface area contributed by atoms with Crippen LogP contribution in [0.4, 0.5) is 5.69 Å². The molecule has 1 aromatic carbocycles. The molecule has 10 heteroatoms. The Morgan fingerprint density at radius 2 is 1.71 bits per heavy atom. The van der Waals surface area contributed by atoms with Gasteiger partial charge >= 0.3 is 5.97 Å². The number of carbonyl (C=O) groups is 3. The van der Waals surface area contributed by atoms with Gasteiger partial charge in [0, 0.05) is 25.7 Å². The molecule has 1 aromatic rings. The number of rotatable bonds is 9. The van der Waals surface area contributed by atoms with Crippen LogP contribution in [-0.4, -0.2) is 57.3 Å². The van der Waals surface area contributed by atoms with Gasteiger partial charge in [0.2, 0.25) is 21.8 Å². The molecule has 2 N–H and O–H groups in total. The van der Waals surface area contributed by atoms with Gasteiger partial charge in [0.1, 0.15) is 0 Å². The monoisotopic (exact) mass is 413 g/mol. The number of likely N-dealkylation sites (N-methyl/N-ethyl adjacent to an activating group) is 1. The zero-order valence-corrected chi connectivity index (χ0v) is 17.5. The summed E-state index contributed by atoms with van der Waals surface area (Å²) in [7, 11) is -2.67. The van der Waals surface area contributed by atoms with Gasteiger partial charge < -0.3 is 15.0 Å². The van der Waals surface area contributed by atoms with Crippen LogP contribution in [0.3, 0.4) is 0 Å². The van der Waals surface area contributed by atoms with Crippen LogP contribution in [0.1, 0.15) is 27.7 Å². The van der Waals surface area contributed by atoms with Gasteiger partial charge in [-0.1, -0.05) is 6.92 Å². The van der Waals surface area contributed by atoms with Gasteiger partial charge in [-0.3, -0.25) is 14.4 Å². The molecule has 0 bridgehead atoms. The number of sulfonamides is 1. The number of methoxy groups -OCH3 is 1. The lowest BCUT2D eigenvalue weighted by atomic mass is 10.1. The van der Waals surface area contributed by atoms with Crippen molar-refractivity contribution in [3.05, 3.63) is 24.3 Å². The third kappa shape index (κ3) is 6.61. The Bertz CT molecular complexity index is 807. The summed E-state index contributed by atoms with van der Waals surface area (Å²) < 4.78 is 32.0. The highest BCUT2D eigenvalue weighted by molar-refractivity contribution is 7.89. The Morgan fingerprint density at radius 3 is 2.18 bits per heavy atom. The van der Waals surface area contributed by atoms with Crippen molar-refractivity contribution in [3.63, 3.8) is 0 Å². The standard InChI is InChI=1S/C18H27N3O6S/c1-6-21(11-12(2)18(24)27-5)17(23)13(3)20-28(25,26)16-9-7-15(8-10-16)19-14(4)22/h7-10,12-13,20H,6,11H2,1-5H3,(H,19,22)/t12?,13-/m0/s1. The second kappa shape index (κ2) is 10.2. The van der Waals surface area contributed by atoms with Gasteiger partial charge in [-0.05, 0) is 38.1 Å². The number of nitrogens with zero attached hydrogens (tertiary/aromatic N) is 1. The molecule has 0 saturated carbocycles. The fourth-order valence-corrected chi connectivity index (χ4v) is 3.72. The van der Waals surface area contributed by atoms with Crippen molar-refractivity contribution in [1.29, 1.82) is 0 Å². The summed E-state index contributed by atoms with van der Waals surface area (Å²) >= 11 is 0. The van der Waals surface area contributed by atoms with E-state index in [2.05, 4.69) is 14.8 Å². The number of esters is 1. The van der Waals surface area contributed by atoms with Gasteiger partial charge in [0.15, 0.2) is 0 Å². The van der Waals surface area contributed by atoms with Crippen LogP contribution < -0.4 is 10.0 Å². The molecular weight excluding hydrogens is 386 g/mol. The number of nitrogens with one attached hydrogen (secondary N) is 2. The molecule has 0 aliphatic rings. The van der Waals surface area contributed by atoms with E-state index in [1.165, 1.54) is 50.1 Å². The Morgan fingerprint density at radius 1 is 1.14 bits per heavy atom. The first-order chi connectivity index (χ1) is 13.0. The summed E-state index contributed by atoms with van der Waals surface area (Å²) in [5.74, 6) is -1.69. The fourth-order valence-electron chi connectivity index (χ4n) is 2.53. The molecule has 28 heavy (non-hydrogen) atoms. The second-order valence-corrected chi connectivity index (χ2v) is 8.06. The molecule has 1 unspecified atom stereocenters. The third-order valence-corrected chi connectivity index (χ3v) is 5.54. The van der Waals surface area contributed by atoms with Crippen molar-refractivity contribution in [1.82, 2.24) is 9.62 Å². The molecule has 0 saturated heterocycles. The maximum Gasteiger partial charge on any atom is 0.310 e. The Balaban J connectivity index is 2.85. The van der Waals surface area contributed by atoms with Crippen LogP contribution in [0.2, 0.25) is 0 Å². The molecule has 2 amide bonds. The van der Waals surface area contributed by atoms with Crippen LogP contribution in [0.25, 0.3) is 0 Å². The molecule has 0 spiro atoms.